The second-order valence-electron chi connectivity index (χ2n) is 4.61. The molecule has 0 amide bonds. The van der Waals surface area contributed by atoms with E-state index in [1.165, 1.54) is 5.56 Å². The van der Waals surface area contributed by atoms with Gasteiger partial charge < -0.3 is 15.1 Å². The molecule has 0 saturated heterocycles. The Hall–Kier alpha value is -2.23. The molecule has 0 aliphatic heterocycles. The highest BCUT2D eigenvalue weighted by molar-refractivity contribution is 5.80. The fourth-order valence-corrected chi connectivity index (χ4v) is 1.98. The van der Waals surface area contributed by atoms with Crippen molar-refractivity contribution in [3.8, 4) is 0 Å². The third-order valence-electron chi connectivity index (χ3n) is 3.12. The molecule has 0 bridgehead atoms. The lowest BCUT2D eigenvalue weighted by molar-refractivity contribution is 0.506. The molecule has 2 N–H and O–H groups in total. The molecule has 0 radical (unpaired) electrons. The maximum Gasteiger partial charge on any atom is 0.191 e. The van der Waals surface area contributed by atoms with Crippen LogP contribution in [0.5, 0.6) is 0 Å². The van der Waals surface area contributed by atoms with Gasteiger partial charge in [0, 0.05) is 20.0 Å². The van der Waals surface area contributed by atoms with Crippen LogP contribution in [-0.4, -0.2) is 19.6 Å². The molecule has 2 rings (SSSR count). The van der Waals surface area contributed by atoms with E-state index in [0.717, 1.165) is 24.7 Å². The van der Waals surface area contributed by atoms with E-state index < -0.39 is 0 Å². The van der Waals surface area contributed by atoms with Crippen molar-refractivity contribution in [2.45, 2.75) is 19.4 Å². The van der Waals surface area contributed by atoms with E-state index in [9.17, 15) is 0 Å². The Bertz CT molecular complexity index is 520. The van der Waals surface area contributed by atoms with Crippen molar-refractivity contribution in [2.75, 3.05) is 13.6 Å². The average Bonchev–Trinajstić information content (AvgIpc) is 3.00. The molecule has 0 aliphatic carbocycles. The first kappa shape index (κ1) is 14.2. The minimum Gasteiger partial charge on any atom is -0.469 e. The molecular weight excluding hydrogens is 250 g/mol. The standard InChI is InChI=1S/C16H21N3O/c1-13(14-7-4-3-5-8-14)19-16(17-2)18-11-10-15-9-6-12-20-15/h3-9,12-13H,10-11H2,1-2H3,(H2,17,18,19). The van der Waals surface area contributed by atoms with Crippen molar-refractivity contribution < 1.29 is 4.42 Å². The van der Waals surface area contributed by atoms with Crippen LogP contribution in [0.3, 0.4) is 0 Å². The van der Waals surface area contributed by atoms with E-state index in [-0.39, 0.29) is 6.04 Å². The van der Waals surface area contributed by atoms with Gasteiger partial charge >= 0.3 is 0 Å². The van der Waals surface area contributed by atoms with Gasteiger partial charge in [-0.1, -0.05) is 30.3 Å². The number of benzene rings is 1. The predicted octanol–water partition coefficient (Wildman–Crippen LogP) is 2.75. The van der Waals surface area contributed by atoms with Gasteiger partial charge in [-0.25, -0.2) is 0 Å². The number of hydrogen-bond donors (Lipinski definition) is 2. The SMILES string of the molecule is CN=C(NCCc1ccco1)NC(C)c1ccccc1. The Morgan fingerprint density at radius 3 is 2.65 bits per heavy atom. The Labute approximate surface area is 119 Å². The number of nitrogens with zero attached hydrogens (tertiary/aromatic N) is 1. The molecule has 0 aliphatic rings. The summed E-state index contributed by atoms with van der Waals surface area (Å²) in [7, 11) is 1.78. The van der Waals surface area contributed by atoms with Gasteiger partial charge in [-0.05, 0) is 24.6 Å². The molecule has 4 heteroatoms. The minimum absolute atomic E-state index is 0.214. The first-order valence-electron chi connectivity index (χ1n) is 6.84. The second kappa shape index (κ2) is 7.38. The minimum atomic E-state index is 0.214. The van der Waals surface area contributed by atoms with Crippen molar-refractivity contribution in [2.24, 2.45) is 4.99 Å². The van der Waals surface area contributed by atoms with Crippen molar-refractivity contribution >= 4 is 5.96 Å². The Kier molecular flexibility index (Phi) is 5.24. The number of aliphatic imine (C=N–C) groups is 1. The number of hydrogen-bond acceptors (Lipinski definition) is 2. The van der Waals surface area contributed by atoms with Crippen LogP contribution in [0.1, 0.15) is 24.3 Å². The van der Waals surface area contributed by atoms with Crippen molar-refractivity contribution in [1.29, 1.82) is 0 Å². The quantitative estimate of drug-likeness (QED) is 0.649. The molecule has 4 nitrogen and oxygen atoms in total. The average molecular weight is 271 g/mol. The fraction of sp³-hybridized carbons (Fsp3) is 0.312. The summed E-state index contributed by atoms with van der Waals surface area (Å²) in [4.78, 5) is 4.24. The van der Waals surface area contributed by atoms with Crippen molar-refractivity contribution in [1.82, 2.24) is 10.6 Å². The third kappa shape index (κ3) is 4.16. The summed E-state index contributed by atoms with van der Waals surface area (Å²) < 4.78 is 5.30. The molecule has 0 spiro atoms. The van der Waals surface area contributed by atoms with Crippen molar-refractivity contribution in [3.05, 3.63) is 60.1 Å². The normalized spacial score (nSPS) is 13.0. The Morgan fingerprint density at radius 2 is 2.00 bits per heavy atom. The van der Waals surface area contributed by atoms with Gasteiger partial charge in [0.05, 0.1) is 12.3 Å². The van der Waals surface area contributed by atoms with E-state index >= 15 is 0 Å². The van der Waals surface area contributed by atoms with Gasteiger partial charge in [0.2, 0.25) is 0 Å². The molecule has 1 aromatic carbocycles. The number of nitrogens with one attached hydrogen (secondary N) is 2. The molecule has 1 aromatic heterocycles. The summed E-state index contributed by atoms with van der Waals surface area (Å²) in [5, 5.41) is 6.66. The monoisotopic (exact) mass is 271 g/mol. The molecule has 2 aromatic rings. The molecule has 1 atom stereocenters. The van der Waals surface area contributed by atoms with Crippen LogP contribution >= 0.6 is 0 Å². The molecule has 1 unspecified atom stereocenters. The summed E-state index contributed by atoms with van der Waals surface area (Å²) in [6, 6.07) is 14.4. The topological polar surface area (TPSA) is 49.6 Å². The third-order valence-corrected chi connectivity index (χ3v) is 3.12. The highest BCUT2D eigenvalue weighted by Gasteiger charge is 2.06. The highest BCUT2D eigenvalue weighted by atomic mass is 16.3. The summed E-state index contributed by atoms with van der Waals surface area (Å²) in [5.41, 5.74) is 1.24. The molecular formula is C16H21N3O. The zero-order valence-electron chi connectivity index (χ0n) is 12.0. The zero-order valence-corrected chi connectivity index (χ0v) is 12.0. The molecule has 20 heavy (non-hydrogen) atoms. The van der Waals surface area contributed by atoms with Crippen LogP contribution in [0, 0.1) is 0 Å². The van der Waals surface area contributed by atoms with Gasteiger partial charge in [0.15, 0.2) is 5.96 Å². The van der Waals surface area contributed by atoms with Gasteiger partial charge in [-0.15, -0.1) is 0 Å². The molecule has 106 valence electrons. The van der Waals surface area contributed by atoms with Crippen LogP contribution < -0.4 is 10.6 Å². The molecule has 0 fully saturated rings. The van der Waals surface area contributed by atoms with E-state index in [1.54, 1.807) is 13.3 Å². The molecule has 0 saturated carbocycles. The molecule has 1 heterocycles. The van der Waals surface area contributed by atoms with E-state index in [1.807, 2.05) is 30.3 Å². The summed E-state index contributed by atoms with van der Waals surface area (Å²) in [6.07, 6.45) is 2.54. The first-order chi connectivity index (χ1) is 9.79. The van der Waals surface area contributed by atoms with Gasteiger partial charge in [0.1, 0.15) is 5.76 Å². The Balaban J connectivity index is 1.80. The smallest absolute Gasteiger partial charge is 0.191 e. The summed E-state index contributed by atoms with van der Waals surface area (Å²) in [6.45, 7) is 2.91. The van der Waals surface area contributed by atoms with Crippen LogP contribution in [0.25, 0.3) is 0 Å². The second-order valence-corrected chi connectivity index (χ2v) is 4.61. The summed E-state index contributed by atoms with van der Waals surface area (Å²) in [5.74, 6) is 1.77. The van der Waals surface area contributed by atoms with Crippen LogP contribution in [-0.2, 0) is 6.42 Å². The Morgan fingerprint density at radius 1 is 1.20 bits per heavy atom. The lowest BCUT2D eigenvalue weighted by Gasteiger charge is -2.18. The van der Waals surface area contributed by atoms with Crippen LogP contribution in [0.15, 0.2) is 58.1 Å². The maximum absolute atomic E-state index is 5.30. The number of furan rings is 1. The first-order valence-corrected chi connectivity index (χ1v) is 6.84. The van der Waals surface area contributed by atoms with E-state index in [0.29, 0.717) is 0 Å². The number of guanidine groups is 1. The van der Waals surface area contributed by atoms with Crippen LogP contribution in [0.4, 0.5) is 0 Å². The lowest BCUT2D eigenvalue weighted by Crippen LogP contribution is -2.39. The zero-order chi connectivity index (χ0) is 14.2. The predicted molar refractivity (Wildman–Crippen MR) is 81.8 cm³/mol. The van der Waals surface area contributed by atoms with E-state index in [4.69, 9.17) is 4.42 Å². The van der Waals surface area contributed by atoms with Crippen molar-refractivity contribution in [3.63, 3.8) is 0 Å². The fourth-order valence-electron chi connectivity index (χ4n) is 1.98. The highest BCUT2D eigenvalue weighted by Crippen LogP contribution is 2.10. The van der Waals surface area contributed by atoms with E-state index in [2.05, 4.69) is 34.7 Å². The summed E-state index contributed by atoms with van der Waals surface area (Å²) >= 11 is 0. The largest absolute Gasteiger partial charge is 0.469 e. The lowest BCUT2D eigenvalue weighted by atomic mass is 10.1. The maximum atomic E-state index is 5.30. The van der Waals surface area contributed by atoms with Gasteiger partial charge in [-0.3, -0.25) is 4.99 Å². The van der Waals surface area contributed by atoms with Crippen LogP contribution in [0.2, 0.25) is 0 Å². The van der Waals surface area contributed by atoms with Gasteiger partial charge in [-0.2, -0.15) is 0 Å². The van der Waals surface area contributed by atoms with Gasteiger partial charge in [0.25, 0.3) is 0 Å². The number of rotatable bonds is 5.